The predicted molar refractivity (Wildman–Crippen MR) is 102 cm³/mol. The van der Waals surface area contributed by atoms with Crippen LogP contribution in [-0.2, 0) is 17.7 Å². The molecule has 0 spiro atoms. The Balaban J connectivity index is 2.01. The topological polar surface area (TPSA) is 51.7 Å². The Morgan fingerprint density at radius 2 is 1.85 bits per heavy atom. The van der Waals surface area contributed by atoms with Crippen LogP contribution in [-0.4, -0.2) is 34.7 Å². The third-order valence-electron chi connectivity index (χ3n) is 3.75. The van der Waals surface area contributed by atoms with E-state index in [1.54, 1.807) is 29.4 Å². The number of carbonyl (C=O) groups excluding carboxylic acids is 1. The number of amides is 1. The number of benzene rings is 1. The summed E-state index contributed by atoms with van der Waals surface area (Å²) in [6.07, 6.45) is 3.89. The van der Waals surface area contributed by atoms with E-state index >= 15 is 0 Å². The van der Waals surface area contributed by atoms with Gasteiger partial charge in [0, 0.05) is 12.7 Å². The maximum absolute atomic E-state index is 13.1. The fourth-order valence-electron chi connectivity index (χ4n) is 2.38. The van der Waals surface area contributed by atoms with Gasteiger partial charge in [-0.3, -0.25) is 4.98 Å². The Morgan fingerprint density at radius 3 is 2.48 bits per heavy atom. The second-order valence-corrected chi connectivity index (χ2v) is 7.26. The number of ether oxygens (including phenoxy) is 2. The van der Waals surface area contributed by atoms with Crippen LogP contribution in [0.4, 0.5) is 9.18 Å². The van der Waals surface area contributed by atoms with Gasteiger partial charge in [-0.2, -0.15) is 0 Å². The van der Waals surface area contributed by atoms with Crippen molar-refractivity contribution in [3.05, 3.63) is 59.7 Å². The van der Waals surface area contributed by atoms with Crippen LogP contribution in [0.3, 0.4) is 0 Å². The molecule has 0 saturated heterocycles. The fourth-order valence-corrected chi connectivity index (χ4v) is 2.38. The van der Waals surface area contributed by atoms with E-state index in [2.05, 4.69) is 4.98 Å². The Kier molecular flexibility index (Phi) is 7.16. The van der Waals surface area contributed by atoms with E-state index in [9.17, 15) is 9.18 Å². The standard InChI is InChI=1S/C21H27FN2O3/c1-5-16-12-19(14-23-13-16)26-11-10-24(20(25)27-21(2,3)4)15-17-6-8-18(22)9-7-17/h6-9,12-14H,5,10-11,15H2,1-4H3. The number of hydrogen-bond donors (Lipinski definition) is 0. The smallest absolute Gasteiger partial charge is 0.410 e. The molecular formula is C21H27FN2O3. The molecule has 0 saturated carbocycles. The highest BCUT2D eigenvalue weighted by Crippen LogP contribution is 2.15. The van der Waals surface area contributed by atoms with E-state index in [4.69, 9.17) is 9.47 Å². The highest BCUT2D eigenvalue weighted by molar-refractivity contribution is 5.68. The van der Waals surface area contributed by atoms with Gasteiger partial charge >= 0.3 is 6.09 Å². The van der Waals surface area contributed by atoms with Crippen LogP contribution in [0.15, 0.2) is 42.7 Å². The van der Waals surface area contributed by atoms with Crippen molar-refractivity contribution in [2.75, 3.05) is 13.2 Å². The van der Waals surface area contributed by atoms with Crippen molar-refractivity contribution in [1.29, 1.82) is 0 Å². The lowest BCUT2D eigenvalue weighted by Crippen LogP contribution is -2.38. The molecule has 1 aromatic carbocycles. The summed E-state index contributed by atoms with van der Waals surface area (Å²) in [6, 6.07) is 8.00. The first kappa shape index (κ1) is 20.7. The molecule has 0 unspecified atom stereocenters. The van der Waals surface area contributed by atoms with E-state index in [0.29, 0.717) is 25.4 Å². The first-order valence-electron chi connectivity index (χ1n) is 9.06. The first-order valence-corrected chi connectivity index (χ1v) is 9.06. The summed E-state index contributed by atoms with van der Waals surface area (Å²) in [5.74, 6) is 0.356. The van der Waals surface area contributed by atoms with Crippen molar-refractivity contribution in [3.63, 3.8) is 0 Å². The van der Waals surface area contributed by atoms with Gasteiger partial charge in [-0.05, 0) is 56.5 Å². The number of rotatable bonds is 7. The largest absolute Gasteiger partial charge is 0.490 e. The number of aryl methyl sites for hydroxylation is 1. The molecule has 0 aliphatic rings. The minimum Gasteiger partial charge on any atom is -0.490 e. The lowest BCUT2D eigenvalue weighted by molar-refractivity contribution is 0.0209. The average molecular weight is 374 g/mol. The number of halogens is 1. The maximum atomic E-state index is 13.1. The summed E-state index contributed by atoms with van der Waals surface area (Å²) >= 11 is 0. The summed E-state index contributed by atoms with van der Waals surface area (Å²) in [5, 5.41) is 0. The van der Waals surface area contributed by atoms with E-state index < -0.39 is 11.7 Å². The van der Waals surface area contributed by atoms with Crippen LogP contribution in [0.5, 0.6) is 5.75 Å². The van der Waals surface area contributed by atoms with Gasteiger partial charge in [0.25, 0.3) is 0 Å². The zero-order valence-corrected chi connectivity index (χ0v) is 16.4. The normalized spacial score (nSPS) is 11.1. The number of aromatic nitrogens is 1. The Hall–Kier alpha value is -2.63. The fraction of sp³-hybridized carbons (Fsp3) is 0.429. The second kappa shape index (κ2) is 9.35. The molecule has 1 heterocycles. The Labute approximate surface area is 160 Å². The molecule has 0 aliphatic carbocycles. The molecule has 0 aliphatic heterocycles. The number of nitrogens with zero attached hydrogens (tertiary/aromatic N) is 2. The minimum atomic E-state index is -0.599. The molecular weight excluding hydrogens is 347 g/mol. The second-order valence-electron chi connectivity index (χ2n) is 7.26. The summed E-state index contributed by atoms with van der Waals surface area (Å²) in [7, 11) is 0. The van der Waals surface area contributed by atoms with E-state index in [1.165, 1.54) is 12.1 Å². The van der Waals surface area contributed by atoms with Gasteiger partial charge in [-0.25, -0.2) is 9.18 Å². The van der Waals surface area contributed by atoms with E-state index in [1.807, 2.05) is 33.8 Å². The van der Waals surface area contributed by atoms with Crippen LogP contribution in [0, 0.1) is 5.82 Å². The van der Waals surface area contributed by atoms with Gasteiger partial charge in [0.05, 0.1) is 12.7 Å². The summed E-state index contributed by atoms with van der Waals surface area (Å²) in [5.41, 5.74) is 1.30. The molecule has 0 bridgehead atoms. The number of hydrogen-bond acceptors (Lipinski definition) is 4. The zero-order chi connectivity index (χ0) is 19.9. The van der Waals surface area contributed by atoms with Gasteiger partial charge in [0.1, 0.15) is 23.8 Å². The zero-order valence-electron chi connectivity index (χ0n) is 16.4. The molecule has 146 valence electrons. The van der Waals surface area contributed by atoms with Crippen LogP contribution in [0.1, 0.15) is 38.8 Å². The number of pyridine rings is 1. The van der Waals surface area contributed by atoms with Crippen molar-refractivity contribution in [1.82, 2.24) is 9.88 Å². The molecule has 0 N–H and O–H groups in total. The molecule has 1 aromatic heterocycles. The highest BCUT2D eigenvalue weighted by Gasteiger charge is 2.22. The van der Waals surface area contributed by atoms with Crippen molar-refractivity contribution in [2.24, 2.45) is 0 Å². The van der Waals surface area contributed by atoms with E-state index in [-0.39, 0.29) is 5.82 Å². The quantitative estimate of drug-likeness (QED) is 0.711. The predicted octanol–water partition coefficient (Wildman–Crippen LogP) is 4.60. The lowest BCUT2D eigenvalue weighted by Gasteiger charge is -2.27. The van der Waals surface area contributed by atoms with Gasteiger partial charge < -0.3 is 14.4 Å². The summed E-state index contributed by atoms with van der Waals surface area (Å²) in [4.78, 5) is 18.2. The van der Waals surface area contributed by atoms with Gasteiger partial charge in [-0.15, -0.1) is 0 Å². The maximum Gasteiger partial charge on any atom is 0.410 e. The SMILES string of the molecule is CCc1cncc(OCCN(Cc2ccc(F)cc2)C(=O)OC(C)(C)C)c1. The lowest BCUT2D eigenvalue weighted by atomic mass is 10.2. The Bertz CT molecular complexity index is 742. The first-order chi connectivity index (χ1) is 12.8. The highest BCUT2D eigenvalue weighted by atomic mass is 19.1. The van der Waals surface area contributed by atoms with Gasteiger partial charge in [0.2, 0.25) is 0 Å². The van der Waals surface area contributed by atoms with Crippen molar-refractivity contribution >= 4 is 6.09 Å². The molecule has 2 aromatic rings. The molecule has 5 nitrogen and oxygen atoms in total. The van der Waals surface area contributed by atoms with Gasteiger partial charge in [-0.1, -0.05) is 19.1 Å². The summed E-state index contributed by atoms with van der Waals surface area (Å²) in [6.45, 7) is 8.45. The third kappa shape index (κ3) is 7.25. The number of carbonyl (C=O) groups is 1. The van der Waals surface area contributed by atoms with E-state index in [0.717, 1.165) is 17.5 Å². The molecule has 1 amide bonds. The molecule has 0 radical (unpaired) electrons. The van der Waals surface area contributed by atoms with Crippen LogP contribution >= 0.6 is 0 Å². The molecule has 27 heavy (non-hydrogen) atoms. The Morgan fingerprint density at radius 1 is 1.15 bits per heavy atom. The molecule has 6 heteroatoms. The molecule has 0 fully saturated rings. The van der Waals surface area contributed by atoms with Crippen LogP contribution in [0.2, 0.25) is 0 Å². The summed E-state index contributed by atoms with van der Waals surface area (Å²) < 4.78 is 24.4. The van der Waals surface area contributed by atoms with Crippen molar-refractivity contribution in [2.45, 2.75) is 46.3 Å². The average Bonchev–Trinajstić information content (AvgIpc) is 2.61. The minimum absolute atomic E-state index is 0.301. The van der Waals surface area contributed by atoms with Crippen LogP contribution in [0.25, 0.3) is 0 Å². The molecule has 0 atom stereocenters. The van der Waals surface area contributed by atoms with Gasteiger partial charge in [0.15, 0.2) is 0 Å². The van der Waals surface area contributed by atoms with Crippen molar-refractivity contribution < 1.29 is 18.7 Å². The van der Waals surface area contributed by atoms with Crippen molar-refractivity contribution in [3.8, 4) is 5.75 Å². The van der Waals surface area contributed by atoms with Crippen LogP contribution < -0.4 is 4.74 Å². The molecule has 2 rings (SSSR count). The monoisotopic (exact) mass is 374 g/mol. The third-order valence-corrected chi connectivity index (χ3v) is 3.75.